The molecule has 0 aliphatic carbocycles. The second-order valence-corrected chi connectivity index (χ2v) is 8.91. The minimum absolute atomic E-state index is 0.0889. The van der Waals surface area contributed by atoms with E-state index in [4.69, 9.17) is 11.6 Å². The second kappa shape index (κ2) is 10.0. The Labute approximate surface area is 196 Å². The average Bonchev–Trinajstić information content (AvgIpc) is 3.18. The Kier molecular flexibility index (Phi) is 6.93. The lowest BCUT2D eigenvalue weighted by Crippen LogP contribution is -2.15. The third-order valence-corrected chi connectivity index (χ3v) is 6.14. The summed E-state index contributed by atoms with van der Waals surface area (Å²) in [7, 11) is 0. The van der Waals surface area contributed by atoms with E-state index < -0.39 is 0 Å². The summed E-state index contributed by atoms with van der Waals surface area (Å²) in [6, 6.07) is 23.7. The molecule has 0 spiro atoms. The third kappa shape index (κ3) is 5.39. The molecule has 4 rings (SSSR count). The highest BCUT2D eigenvalue weighted by atomic mass is 35.5. The first-order valence-corrected chi connectivity index (χ1v) is 11.6. The molecule has 4 aromatic rings. The van der Waals surface area contributed by atoms with Gasteiger partial charge in [0, 0.05) is 17.1 Å². The van der Waals surface area contributed by atoms with Gasteiger partial charge in [-0.15, -0.1) is 10.2 Å². The van der Waals surface area contributed by atoms with Crippen LogP contribution in [0.4, 0.5) is 5.69 Å². The molecule has 0 radical (unpaired) electrons. The number of carbonyl (C=O) groups excluding carboxylic acids is 1. The molecule has 7 heteroatoms. The summed E-state index contributed by atoms with van der Waals surface area (Å²) in [6.07, 6.45) is 0.621. The highest BCUT2D eigenvalue weighted by Gasteiger charge is 2.17. The predicted octanol–water partition coefficient (Wildman–Crippen LogP) is 5.86. The minimum atomic E-state index is -0.0889. The summed E-state index contributed by atoms with van der Waals surface area (Å²) in [4.78, 5) is 12.6. The first kappa shape index (κ1) is 22.1. The van der Waals surface area contributed by atoms with Crippen LogP contribution >= 0.6 is 23.4 Å². The summed E-state index contributed by atoms with van der Waals surface area (Å²) in [5.41, 5.74) is 4.96. The number of aryl methyl sites for hydroxylation is 2. The maximum atomic E-state index is 12.6. The van der Waals surface area contributed by atoms with Crippen LogP contribution in [-0.2, 0) is 11.2 Å². The van der Waals surface area contributed by atoms with Gasteiger partial charge in [-0.1, -0.05) is 71.9 Å². The summed E-state index contributed by atoms with van der Waals surface area (Å²) in [5.74, 6) is 0.919. The van der Waals surface area contributed by atoms with Crippen LogP contribution in [0.3, 0.4) is 0 Å². The topological polar surface area (TPSA) is 59.8 Å². The van der Waals surface area contributed by atoms with Crippen molar-refractivity contribution in [2.24, 2.45) is 0 Å². The van der Waals surface area contributed by atoms with Crippen LogP contribution in [0, 0.1) is 13.8 Å². The van der Waals surface area contributed by atoms with Crippen LogP contribution in [0.1, 0.15) is 22.5 Å². The van der Waals surface area contributed by atoms with Crippen LogP contribution in [-0.4, -0.2) is 26.4 Å². The molecule has 0 saturated heterocycles. The molecule has 0 unspecified atom stereocenters. The summed E-state index contributed by atoms with van der Waals surface area (Å²) in [5, 5.41) is 13.1. The highest BCUT2D eigenvalue weighted by molar-refractivity contribution is 7.99. The van der Waals surface area contributed by atoms with Crippen LogP contribution in [0.2, 0.25) is 5.02 Å². The number of halogens is 1. The van der Waals surface area contributed by atoms with Gasteiger partial charge < -0.3 is 5.32 Å². The normalized spacial score (nSPS) is 10.8. The quantitative estimate of drug-likeness (QED) is 0.349. The van der Waals surface area contributed by atoms with Gasteiger partial charge in [-0.25, -0.2) is 0 Å². The number of hydrogen-bond acceptors (Lipinski definition) is 4. The summed E-state index contributed by atoms with van der Waals surface area (Å²) in [6.45, 7) is 3.99. The number of nitrogens with one attached hydrogen (secondary N) is 1. The minimum Gasteiger partial charge on any atom is -0.325 e. The van der Waals surface area contributed by atoms with Crippen molar-refractivity contribution >= 4 is 35.0 Å². The van der Waals surface area contributed by atoms with E-state index in [0.29, 0.717) is 16.6 Å². The molecule has 0 aliphatic heterocycles. The number of nitrogens with zero attached hydrogens (tertiary/aromatic N) is 3. The Bertz CT molecular complexity index is 1240. The molecule has 3 aromatic carbocycles. The first-order valence-electron chi connectivity index (χ1n) is 10.2. The molecule has 1 N–H and O–H groups in total. The van der Waals surface area contributed by atoms with E-state index in [1.807, 2.05) is 79.1 Å². The molecule has 162 valence electrons. The van der Waals surface area contributed by atoms with Gasteiger partial charge in [0.05, 0.1) is 11.4 Å². The molecule has 0 aliphatic rings. The molecule has 5 nitrogen and oxygen atoms in total. The maximum absolute atomic E-state index is 12.6. The Morgan fingerprint density at radius 2 is 1.81 bits per heavy atom. The Morgan fingerprint density at radius 1 is 1.00 bits per heavy atom. The molecule has 1 amide bonds. The van der Waals surface area contributed by atoms with Crippen molar-refractivity contribution in [2.75, 3.05) is 11.1 Å². The van der Waals surface area contributed by atoms with E-state index >= 15 is 0 Å². The fourth-order valence-corrected chi connectivity index (χ4v) is 4.30. The number of amides is 1. The molecule has 0 atom stereocenters. The number of rotatable bonds is 7. The number of carbonyl (C=O) groups is 1. The molecular weight excluding hydrogens is 440 g/mol. The monoisotopic (exact) mass is 462 g/mol. The van der Waals surface area contributed by atoms with Gasteiger partial charge >= 0.3 is 0 Å². The van der Waals surface area contributed by atoms with Gasteiger partial charge in [-0.2, -0.15) is 0 Å². The van der Waals surface area contributed by atoms with Crippen molar-refractivity contribution in [3.8, 4) is 5.69 Å². The predicted molar refractivity (Wildman–Crippen MR) is 131 cm³/mol. The van der Waals surface area contributed by atoms with Crippen molar-refractivity contribution in [3.63, 3.8) is 0 Å². The molecule has 1 heterocycles. The van der Waals surface area contributed by atoms with Crippen molar-refractivity contribution < 1.29 is 4.79 Å². The maximum Gasteiger partial charge on any atom is 0.234 e. The van der Waals surface area contributed by atoms with E-state index in [1.165, 1.54) is 11.8 Å². The molecule has 32 heavy (non-hydrogen) atoms. The fourth-order valence-electron chi connectivity index (χ4n) is 3.35. The number of anilines is 1. The molecule has 1 aromatic heterocycles. The first-order chi connectivity index (χ1) is 15.5. The standard InChI is InChI=1S/C25H23ClN4OS/c1-17-11-12-18(2)22(13-17)27-24(31)16-32-25-29-28-23(14-19-7-4-3-5-8-19)30(25)21-10-6-9-20(26)15-21/h3-13,15H,14,16H2,1-2H3,(H,27,31). The molecular formula is C25H23ClN4OS. The van der Waals surface area contributed by atoms with Crippen molar-refractivity contribution in [2.45, 2.75) is 25.4 Å². The van der Waals surface area contributed by atoms with Crippen LogP contribution in [0.15, 0.2) is 78.0 Å². The second-order valence-electron chi connectivity index (χ2n) is 7.53. The van der Waals surface area contributed by atoms with E-state index in [2.05, 4.69) is 27.6 Å². The van der Waals surface area contributed by atoms with E-state index in [9.17, 15) is 4.79 Å². The number of hydrogen-bond donors (Lipinski definition) is 1. The van der Waals surface area contributed by atoms with Crippen molar-refractivity contribution in [1.82, 2.24) is 14.8 Å². The Morgan fingerprint density at radius 3 is 2.59 bits per heavy atom. The SMILES string of the molecule is Cc1ccc(C)c(NC(=O)CSc2nnc(Cc3ccccc3)n2-c2cccc(Cl)c2)c1. The lowest BCUT2D eigenvalue weighted by molar-refractivity contribution is -0.113. The van der Waals surface area contributed by atoms with Gasteiger partial charge in [0.1, 0.15) is 5.82 Å². The summed E-state index contributed by atoms with van der Waals surface area (Å²) >= 11 is 7.60. The Balaban J connectivity index is 1.56. The molecule has 0 fully saturated rings. The summed E-state index contributed by atoms with van der Waals surface area (Å²) < 4.78 is 1.97. The van der Waals surface area contributed by atoms with E-state index in [1.54, 1.807) is 0 Å². The number of benzene rings is 3. The number of thioether (sulfide) groups is 1. The van der Waals surface area contributed by atoms with Crippen LogP contribution in [0.5, 0.6) is 0 Å². The molecule has 0 saturated carbocycles. The van der Waals surface area contributed by atoms with E-state index in [0.717, 1.165) is 33.9 Å². The zero-order valence-electron chi connectivity index (χ0n) is 17.9. The number of aromatic nitrogens is 3. The van der Waals surface area contributed by atoms with Gasteiger partial charge in [0.15, 0.2) is 5.16 Å². The smallest absolute Gasteiger partial charge is 0.234 e. The van der Waals surface area contributed by atoms with Gasteiger partial charge in [-0.05, 0) is 54.8 Å². The Hall–Kier alpha value is -3.09. The zero-order chi connectivity index (χ0) is 22.5. The fraction of sp³-hybridized carbons (Fsp3) is 0.160. The van der Waals surface area contributed by atoms with Crippen LogP contribution in [0.25, 0.3) is 5.69 Å². The largest absolute Gasteiger partial charge is 0.325 e. The lowest BCUT2D eigenvalue weighted by atomic mass is 10.1. The van der Waals surface area contributed by atoms with Crippen molar-refractivity contribution in [3.05, 3.63) is 100 Å². The van der Waals surface area contributed by atoms with E-state index in [-0.39, 0.29) is 11.7 Å². The average molecular weight is 463 g/mol. The van der Waals surface area contributed by atoms with Gasteiger partial charge in [0.2, 0.25) is 5.91 Å². The van der Waals surface area contributed by atoms with Crippen LogP contribution < -0.4 is 5.32 Å². The van der Waals surface area contributed by atoms with Crippen molar-refractivity contribution in [1.29, 1.82) is 0 Å². The third-order valence-electron chi connectivity index (χ3n) is 4.97. The lowest BCUT2D eigenvalue weighted by Gasteiger charge is -2.12. The van der Waals surface area contributed by atoms with Gasteiger partial charge in [-0.3, -0.25) is 9.36 Å². The highest BCUT2D eigenvalue weighted by Crippen LogP contribution is 2.26. The zero-order valence-corrected chi connectivity index (χ0v) is 19.5. The van der Waals surface area contributed by atoms with Gasteiger partial charge in [0.25, 0.3) is 0 Å². The molecule has 0 bridgehead atoms.